The van der Waals surface area contributed by atoms with Gasteiger partial charge < -0.3 is 9.47 Å². The van der Waals surface area contributed by atoms with Gasteiger partial charge in [0.1, 0.15) is 11.9 Å². The van der Waals surface area contributed by atoms with E-state index in [1.54, 1.807) is 19.2 Å². The van der Waals surface area contributed by atoms with Crippen LogP contribution in [0, 0.1) is 0 Å². The summed E-state index contributed by atoms with van der Waals surface area (Å²) in [6, 6.07) is 26.5. The second-order valence-corrected chi connectivity index (χ2v) is 6.63. The first-order chi connectivity index (χ1) is 13.5. The van der Waals surface area contributed by atoms with Crippen LogP contribution in [-0.2, 0) is 4.74 Å². The molecule has 0 saturated heterocycles. The number of ether oxygens (including phenoxy) is 2. The Morgan fingerprint density at radius 1 is 0.857 bits per heavy atom. The minimum atomic E-state index is -0.185. The molecule has 28 heavy (non-hydrogen) atoms. The molecule has 3 nitrogen and oxygen atoms in total. The molecule has 3 rings (SSSR count). The molecule has 3 aromatic rings. The van der Waals surface area contributed by atoms with Gasteiger partial charge in [0.25, 0.3) is 0 Å². The fourth-order valence-corrected chi connectivity index (χ4v) is 2.76. The molecule has 0 fully saturated rings. The van der Waals surface area contributed by atoms with Gasteiger partial charge in [-0.3, -0.25) is 4.79 Å². The SMILES string of the molecule is COc1ccc(C(C)OC(=S)c2ccccc2)cc1.O=C(S)c1ccccc1. The van der Waals surface area contributed by atoms with Crippen LogP contribution in [0.4, 0.5) is 0 Å². The Morgan fingerprint density at radius 2 is 1.36 bits per heavy atom. The molecule has 0 amide bonds. The maximum absolute atomic E-state index is 10.5. The molecule has 0 heterocycles. The Hall–Kier alpha value is -2.63. The van der Waals surface area contributed by atoms with Crippen molar-refractivity contribution in [2.75, 3.05) is 7.11 Å². The smallest absolute Gasteiger partial charge is 0.216 e. The van der Waals surface area contributed by atoms with Crippen LogP contribution < -0.4 is 4.74 Å². The zero-order valence-corrected chi connectivity index (χ0v) is 17.5. The fraction of sp³-hybridized carbons (Fsp3) is 0.130. The Kier molecular flexibility index (Phi) is 8.72. The Morgan fingerprint density at radius 3 is 1.79 bits per heavy atom. The molecular weight excluding hydrogens is 388 g/mol. The summed E-state index contributed by atoms with van der Waals surface area (Å²) in [4.78, 5) is 10.5. The molecule has 3 aromatic carbocycles. The van der Waals surface area contributed by atoms with Crippen molar-refractivity contribution < 1.29 is 14.3 Å². The number of hydrogen-bond acceptors (Lipinski definition) is 4. The Labute approximate surface area is 176 Å². The number of thiol groups is 1. The highest BCUT2D eigenvalue weighted by molar-refractivity contribution is 7.97. The average Bonchev–Trinajstić information content (AvgIpc) is 2.75. The van der Waals surface area contributed by atoms with E-state index in [2.05, 4.69) is 12.6 Å². The zero-order valence-electron chi connectivity index (χ0n) is 15.7. The number of rotatable bonds is 5. The van der Waals surface area contributed by atoms with Crippen LogP contribution in [0.3, 0.4) is 0 Å². The van der Waals surface area contributed by atoms with Crippen molar-refractivity contribution in [3.63, 3.8) is 0 Å². The van der Waals surface area contributed by atoms with Gasteiger partial charge >= 0.3 is 0 Å². The van der Waals surface area contributed by atoms with Crippen molar-refractivity contribution >= 4 is 35.0 Å². The van der Waals surface area contributed by atoms with Gasteiger partial charge in [-0.25, -0.2) is 0 Å². The predicted octanol–water partition coefficient (Wildman–Crippen LogP) is 5.91. The third-order valence-corrected chi connectivity index (χ3v) is 4.49. The predicted molar refractivity (Wildman–Crippen MR) is 120 cm³/mol. The largest absolute Gasteiger partial charge is 0.497 e. The molecule has 0 N–H and O–H groups in total. The summed E-state index contributed by atoms with van der Waals surface area (Å²) < 4.78 is 10.9. The van der Waals surface area contributed by atoms with Gasteiger partial charge in [-0.05, 0) is 36.8 Å². The summed E-state index contributed by atoms with van der Waals surface area (Å²) in [5.74, 6) is 0.835. The lowest BCUT2D eigenvalue weighted by molar-refractivity contribution is 0.109. The van der Waals surface area contributed by atoms with Gasteiger partial charge in [-0.15, -0.1) is 12.6 Å². The van der Waals surface area contributed by atoms with E-state index in [4.69, 9.17) is 21.7 Å². The fourth-order valence-electron chi connectivity index (χ4n) is 2.33. The molecule has 0 saturated carbocycles. The highest BCUT2D eigenvalue weighted by Gasteiger charge is 2.10. The lowest BCUT2D eigenvalue weighted by atomic mass is 10.1. The van der Waals surface area contributed by atoms with E-state index in [9.17, 15) is 4.79 Å². The molecule has 0 aliphatic rings. The zero-order chi connectivity index (χ0) is 20.4. The maximum atomic E-state index is 10.5. The van der Waals surface area contributed by atoms with Crippen molar-refractivity contribution in [2.45, 2.75) is 13.0 Å². The molecule has 0 aliphatic carbocycles. The van der Waals surface area contributed by atoms with E-state index in [1.807, 2.05) is 79.7 Å². The molecule has 1 atom stereocenters. The van der Waals surface area contributed by atoms with Gasteiger partial charge in [0.15, 0.2) is 5.05 Å². The van der Waals surface area contributed by atoms with Gasteiger partial charge in [0.05, 0.1) is 7.11 Å². The van der Waals surface area contributed by atoms with Gasteiger partial charge in [0, 0.05) is 11.1 Å². The third-order valence-electron chi connectivity index (χ3n) is 3.90. The normalized spacial score (nSPS) is 10.8. The average molecular weight is 411 g/mol. The van der Waals surface area contributed by atoms with Gasteiger partial charge in [0.2, 0.25) is 5.12 Å². The molecule has 0 radical (unpaired) electrons. The quantitative estimate of drug-likeness (QED) is 0.419. The van der Waals surface area contributed by atoms with Crippen LogP contribution in [0.1, 0.15) is 34.5 Å². The summed E-state index contributed by atoms with van der Waals surface area (Å²) in [5.41, 5.74) is 2.64. The lowest BCUT2D eigenvalue weighted by Gasteiger charge is -2.16. The van der Waals surface area contributed by atoms with Crippen LogP contribution in [0.15, 0.2) is 84.9 Å². The first kappa shape index (κ1) is 21.7. The molecule has 0 spiro atoms. The number of methoxy groups -OCH3 is 1. The van der Waals surface area contributed by atoms with Gasteiger partial charge in [-0.1, -0.05) is 72.8 Å². The molecule has 144 valence electrons. The van der Waals surface area contributed by atoms with Crippen LogP contribution in [-0.4, -0.2) is 17.3 Å². The summed E-state index contributed by atoms with van der Waals surface area (Å²) >= 11 is 8.95. The van der Waals surface area contributed by atoms with Crippen LogP contribution in [0.5, 0.6) is 5.75 Å². The minimum absolute atomic E-state index is 0.0846. The van der Waals surface area contributed by atoms with E-state index < -0.39 is 0 Å². The van der Waals surface area contributed by atoms with Crippen molar-refractivity contribution in [1.29, 1.82) is 0 Å². The van der Waals surface area contributed by atoms with E-state index in [0.717, 1.165) is 16.9 Å². The number of carbonyl (C=O) groups is 1. The third kappa shape index (κ3) is 6.83. The van der Waals surface area contributed by atoms with Crippen molar-refractivity contribution in [3.8, 4) is 5.75 Å². The molecular formula is C23H22O3S2. The monoisotopic (exact) mass is 410 g/mol. The minimum Gasteiger partial charge on any atom is -0.497 e. The van der Waals surface area contributed by atoms with Crippen molar-refractivity contribution in [1.82, 2.24) is 0 Å². The van der Waals surface area contributed by atoms with Gasteiger partial charge in [-0.2, -0.15) is 0 Å². The second-order valence-electron chi connectivity index (χ2n) is 5.86. The number of hydrogen-bond donors (Lipinski definition) is 1. The van der Waals surface area contributed by atoms with E-state index in [0.29, 0.717) is 10.6 Å². The topological polar surface area (TPSA) is 35.5 Å². The maximum Gasteiger partial charge on any atom is 0.216 e. The first-order valence-electron chi connectivity index (χ1n) is 8.69. The second kappa shape index (κ2) is 11.3. The molecule has 0 bridgehead atoms. The van der Waals surface area contributed by atoms with Crippen LogP contribution in [0.25, 0.3) is 0 Å². The Bertz CT molecular complexity index is 879. The number of carbonyl (C=O) groups excluding carboxylic acids is 1. The van der Waals surface area contributed by atoms with E-state index in [1.165, 1.54) is 0 Å². The van der Waals surface area contributed by atoms with Crippen molar-refractivity contribution in [3.05, 3.63) is 102 Å². The summed E-state index contributed by atoms with van der Waals surface area (Å²) in [5, 5.41) is 0.333. The Balaban J connectivity index is 0.000000261. The highest BCUT2D eigenvalue weighted by atomic mass is 32.1. The van der Waals surface area contributed by atoms with E-state index >= 15 is 0 Å². The number of thiocarbonyl (C=S) groups is 1. The molecule has 5 heteroatoms. The van der Waals surface area contributed by atoms with Crippen LogP contribution >= 0.6 is 24.8 Å². The van der Waals surface area contributed by atoms with E-state index in [-0.39, 0.29) is 11.2 Å². The summed E-state index contributed by atoms with van der Waals surface area (Å²) in [7, 11) is 1.65. The highest BCUT2D eigenvalue weighted by Crippen LogP contribution is 2.21. The van der Waals surface area contributed by atoms with Crippen molar-refractivity contribution in [2.24, 2.45) is 0 Å². The van der Waals surface area contributed by atoms with Crippen LogP contribution in [0.2, 0.25) is 0 Å². The first-order valence-corrected chi connectivity index (χ1v) is 9.55. The summed E-state index contributed by atoms with van der Waals surface area (Å²) in [6.07, 6.45) is -0.0846. The standard InChI is InChI=1S/C16H16O2S.C7H6OS/c1-12(13-8-10-15(17-2)11-9-13)18-16(19)14-6-4-3-5-7-14;8-7(9)6-4-2-1-3-5-6/h3-12H,1-2H3;1-5H,(H,8,9). The molecule has 0 aliphatic heterocycles. The summed E-state index contributed by atoms with van der Waals surface area (Å²) in [6.45, 7) is 1.98. The molecule has 1 unspecified atom stereocenters. The molecule has 0 aromatic heterocycles. The number of benzene rings is 3. The lowest BCUT2D eigenvalue weighted by Crippen LogP contribution is -2.07.